The Morgan fingerprint density at radius 3 is 2.89 bits per heavy atom. The van der Waals surface area contributed by atoms with E-state index in [0.29, 0.717) is 24.2 Å². The number of hydrogen-bond acceptors (Lipinski definition) is 3. The highest BCUT2D eigenvalue weighted by molar-refractivity contribution is 9.10. The van der Waals surface area contributed by atoms with E-state index in [1.54, 1.807) is 22.9 Å². The van der Waals surface area contributed by atoms with Gasteiger partial charge in [-0.25, -0.2) is 0 Å². The van der Waals surface area contributed by atoms with Crippen molar-refractivity contribution in [3.63, 3.8) is 0 Å². The number of nitrogens with two attached hydrogens (primary N) is 1. The molecule has 100 valence electrons. The van der Waals surface area contributed by atoms with Gasteiger partial charge in [0.15, 0.2) is 0 Å². The second-order valence-corrected chi connectivity index (χ2v) is 5.08. The Balaban J connectivity index is 1.89. The first-order valence-corrected chi connectivity index (χ1v) is 6.67. The van der Waals surface area contributed by atoms with Crippen LogP contribution >= 0.6 is 15.9 Å². The van der Waals surface area contributed by atoms with Gasteiger partial charge in [-0.3, -0.25) is 9.48 Å². The number of anilines is 1. The lowest BCUT2D eigenvalue weighted by Gasteiger charge is -2.05. The summed E-state index contributed by atoms with van der Waals surface area (Å²) in [6, 6.07) is 7.06. The first-order valence-electron chi connectivity index (χ1n) is 5.88. The van der Waals surface area contributed by atoms with Crippen molar-refractivity contribution in [1.82, 2.24) is 15.1 Å². The Labute approximate surface area is 119 Å². The molecule has 19 heavy (non-hydrogen) atoms. The average Bonchev–Trinajstić information content (AvgIpc) is 2.78. The van der Waals surface area contributed by atoms with E-state index in [4.69, 9.17) is 5.73 Å². The van der Waals surface area contributed by atoms with E-state index >= 15 is 0 Å². The van der Waals surface area contributed by atoms with Crippen molar-refractivity contribution in [3.05, 3.63) is 46.2 Å². The van der Waals surface area contributed by atoms with Gasteiger partial charge in [0.2, 0.25) is 0 Å². The number of nitrogens with one attached hydrogen (secondary N) is 1. The summed E-state index contributed by atoms with van der Waals surface area (Å²) in [4.78, 5) is 11.9. The Morgan fingerprint density at radius 1 is 1.47 bits per heavy atom. The lowest BCUT2D eigenvalue weighted by molar-refractivity contribution is 0.0954. The quantitative estimate of drug-likeness (QED) is 0.842. The summed E-state index contributed by atoms with van der Waals surface area (Å²) in [6.07, 6.45) is 2.59. The minimum Gasteiger partial charge on any atom is -0.398 e. The normalized spacial score (nSPS) is 10.4. The molecule has 1 heterocycles. The lowest BCUT2D eigenvalue weighted by atomic mass is 10.2. The highest BCUT2D eigenvalue weighted by Crippen LogP contribution is 2.20. The van der Waals surface area contributed by atoms with Crippen LogP contribution in [-0.4, -0.2) is 22.2 Å². The summed E-state index contributed by atoms with van der Waals surface area (Å²) < 4.78 is 2.47. The Hall–Kier alpha value is -1.82. The third-order valence-corrected chi connectivity index (χ3v) is 3.38. The molecule has 0 unspecified atom stereocenters. The molecule has 1 aromatic heterocycles. The predicted octanol–water partition coefficient (Wildman–Crippen LogP) is 1.74. The van der Waals surface area contributed by atoms with Crippen LogP contribution in [0.3, 0.4) is 0 Å². The number of benzene rings is 1. The van der Waals surface area contributed by atoms with Crippen LogP contribution in [0.15, 0.2) is 34.9 Å². The van der Waals surface area contributed by atoms with Crippen LogP contribution in [0.25, 0.3) is 0 Å². The first-order chi connectivity index (χ1) is 9.06. The smallest absolute Gasteiger partial charge is 0.251 e. The molecule has 0 fully saturated rings. The zero-order valence-corrected chi connectivity index (χ0v) is 12.1. The molecular weight excluding hydrogens is 308 g/mol. The zero-order chi connectivity index (χ0) is 13.8. The first kappa shape index (κ1) is 13.6. The predicted molar refractivity (Wildman–Crippen MR) is 77.8 cm³/mol. The van der Waals surface area contributed by atoms with Crippen molar-refractivity contribution in [2.75, 3.05) is 12.3 Å². The van der Waals surface area contributed by atoms with Crippen LogP contribution in [-0.2, 0) is 13.5 Å². The van der Waals surface area contributed by atoms with Gasteiger partial charge in [0, 0.05) is 41.9 Å². The molecule has 0 aliphatic heterocycles. The summed E-state index contributed by atoms with van der Waals surface area (Å²) in [7, 11) is 1.87. The number of rotatable bonds is 4. The van der Waals surface area contributed by atoms with E-state index in [2.05, 4.69) is 26.3 Å². The molecule has 0 radical (unpaired) electrons. The summed E-state index contributed by atoms with van der Waals surface area (Å²) in [5, 5.41) is 7.10. The summed E-state index contributed by atoms with van der Waals surface area (Å²) in [6.45, 7) is 0.553. The number of carbonyl (C=O) groups excluding carboxylic acids is 1. The number of aryl methyl sites for hydroxylation is 1. The molecule has 2 aromatic rings. The van der Waals surface area contributed by atoms with E-state index in [1.807, 2.05) is 19.3 Å². The fraction of sp³-hybridized carbons (Fsp3) is 0.231. The number of hydrogen-bond donors (Lipinski definition) is 2. The van der Waals surface area contributed by atoms with Crippen LogP contribution in [0.4, 0.5) is 5.69 Å². The molecule has 5 nitrogen and oxygen atoms in total. The molecule has 1 amide bonds. The number of nitrogen functional groups attached to an aromatic ring is 1. The van der Waals surface area contributed by atoms with E-state index < -0.39 is 0 Å². The van der Waals surface area contributed by atoms with Gasteiger partial charge in [0.25, 0.3) is 5.91 Å². The molecule has 0 spiro atoms. The largest absolute Gasteiger partial charge is 0.398 e. The summed E-state index contributed by atoms with van der Waals surface area (Å²) in [5.41, 5.74) is 7.84. The second-order valence-electron chi connectivity index (χ2n) is 4.22. The van der Waals surface area contributed by atoms with Crippen LogP contribution < -0.4 is 11.1 Å². The number of nitrogens with zero attached hydrogens (tertiary/aromatic N) is 2. The molecule has 0 saturated carbocycles. The Bertz CT molecular complexity index is 594. The van der Waals surface area contributed by atoms with Gasteiger partial charge < -0.3 is 11.1 Å². The molecule has 6 heteroatoms. The highest BCUT2D eigenvalue weighted by Gasteiger charge is 2.07. The van der Waals surface area contributed by atoms with E-state index in [1.165, 1.54) is 0 Å². The molecule has 0 aliphatic rings. The van der Waals surface area contributed by atoms with Crippen LogP contribution in [0, 0.1) is 0 Å². The van der Waals surface area contributed by atoms with Gasteiger partial charge in [0.05, 0.1) is 5.69 Å². The summed E-state index contributed by atoms with van der Waals surface area (Å²) >= 11 is 3.30. The molecule has 0 saturated heterocycles. The van der Waals surface area contributed by atoms with E-state index in [-0.39, 0.29) is 5.91 Å². The van der Waals surface area contributed by atoms with Crippen molar-refractivity contribution < 1.29 is 4.79 Å². The number of carbonyl (C=O) groups is 1. The molecule has 2 rings (SSSR count). The van der Waals surface area contributed by atoms with Crippen molar-refractivity contribution in [1.29, 1.82) is 0 Å². The van der Waals surface area contributed by atoms with Gasteiger partial charge in [-0.05, 0) is 40.2 Å². The minimum absolute atomic E-state index is 0.114. The van der Waals surface area contributed by atoms with Gasteiger partial charge in [-0.15, -0.1) is 0 Å². The van der Waals surface area contributed by atoms with E-state index in [0.717, 1.165) is 10.2 Å². The molecule has 0 bridgehead atoms. The maximum atomic E-state index is 11.9. The Kier molecular flexibility index (Phi) is 4.21. The van der Waals surface area contributed by atoms with E-state index in [9.17, 15) is 4.79 Å². The number of aromatic nitrogens is 2. The standard InChI is InChI=1S/C13H15BrN4O/c1-18-7-5-10(17-18)4-6-16-13(19)9-2-3-12(15)11(14)8-9/h2-3,5,7-8H,4,6,15H2,1H3,(H,16,19). The van der Waals surface area contributed by atoms with Crippen molar-refractivity contribution in [3.8, 4) is 0 Å². The highest BCUT2D eigenvalue weighted by atomic mass is 79.9. The van der Waals surface area contributed by atoms with Gasteiger partial charge >= 0.3 is 0 Å². The topological polar surface area (TPSA) is 72.9 Å². The maximum Gasteiger partial charge on any atom is 0.251 e. The van der Waals surface area contributed by atoms with Crippen LogP contribution in [0.5, 0.6) is 0 Å². The van der Waals surface area contributed by atoms with Gasteiger partial charge in [0.1, 0.15) is 0 Å². The lowest BCUT2D eigenvalue weighted by Crippen LogP contribution is -2.25. The van der Waals surface area contributed by atoms with Gasteiger partial charge in [-0.2, -0.15) is 5.10 Å². The fourth-order valence-corrected chi connectivity index (χ4v) is 2.05. The number of halogens is 1. The van der Waals surface area contributed by atoms with Crippen LogP contribution in [0.2, 0.25) is 0 Å². The monoisotopic (exact) mass is 322 g/mol. The molecular formula is C13H15BrN4O. The second kappa shape index (κ2) is 5.88. The zero-order valence-electron chi connectivity index (χ0n) is 10.6. The third kappa shape index (κ3) is 3.57. The molecule has 0 aliphatic carbocycles. The van der Waals surface area contributed by atoms with Crippen LogP contribution in [0.1, 0.15) is 16.1 Å². The Morgan fingerprint density at radius 2 is 2.26 bits per heavy atom. The van der Waals surface area contributed by atoms with Crippen molar-refractivity contribution in [2.24, 2.45) is 7.05 Å². The van der Waals surface area contributed by atoms with Crippen molar-refractivity contribution >= 4 is 27.5 Å². The van der Waals surface area contributed by atoms with Gasteiger partial charge in [-0.1, -0.05) is 0 Å². The average molecular weight is 323 g/mol. The molecule has 1 aromatic carbocycles. The van der Waals surface area contributed by atoms with Crippen molar-refractivity contribution in [2.45, 2.75) is 6.42 Å². The summed E-state index contributed by atoms with van der Waals surface area (Å²) in [5.74, 6) is -0.114. The molecule has 3 N–H and O–H groups in total. The maximum absolute atomic E-state index is 11.9. The fourth-order valence-electron chi connectivity index (χ4n) is 1.67. The SMILES string of the molecule is Cn1ccc(CCNC(=O)c2ccc(N)c(Br)c2)n1. The number of amides is 1. The third-order valence-electron chi connectivity index (χ3n) is 2.70. The minimum atomic E-state index is -0.114. The molecule has 0 atom stereocenters.